The number of aromatic nitrogens is 1. The molecule has 2 heterocycles. The molecule has 0 radical (unpaired) electrons. The summed E-state index contributed by atoms with van der Waals surface area (Å²) in [5, 5.41) is 22.1. The van der Waals surface area contributed by atoms with E-state index in [2.05, 4.69) is 15.4 Å². The van der Waals surface area contributed by atoms with Crippen molar-refractivity contribution >= 4 is 57.0 Å². The van der Waals surface area contributed by atoms with Crippen LogP contribution in [0.15, 0.2) is 35.6 Å². The summed E-state index contributed by atoms with van der Waals surface area (Å²) in [4.78, 5) is 14.6. The zero-order chi connectivity index (χ0) is 18.2. The predicted molar refractivity (Wildman–Crippen MR) is 105 cm³/mol. The average Bonchev–Trinajstić information content (AvgIpc) is 3.10. The Labute approximate surface area is 155 Å². The van der Waals surface area contributed by atoms with Crippen molar-refractivity contribution in [1.29, 1.82) is 0 Å². The lowest BCUT2D eigenvalue weighted by molar-refractivity contribution is -0.114. The van der Waals surface area contributed by atoms with E-state index in [4.69, 9.17) is 12.2 Å². The predicted octanol–water partition coefficient (Wildman–Crippen LogP) is 2.53. The maximum Gasteiger partial charge on any atom is 0.263 e. The van der Waals surface area contributed by atoms with Gasteiger partial charge in [0.2, 0.25) is 0 Å². The van der Waals surface area contributed by atoms with E-state index in [0.717, 1.165) is 22.1 Å². The molecule has 1 atom stereocenters. The highest BCUT2D eigenvalue weighted by Gasteiger charge is 2.49. The number of hydroxylamine groups is 1. The van der Waals surface area contributed by atoms with Crippen LogP contribution < -0.4 is 10.4 Å². The van der Waals surface area contributed by atoms with E-state index in [-0.39, 0.29) is 5.91 Å². The van der Waals surface area contributed by atoms with Crippen molar-refractivity contribution in [2.45, 2.75) is 24.8 Å². The molecule has 0 aliphatic carbocycles. The number of hydrogen-bond acceptors (Lipinski definition) is 6. The molecule has 3 rings (SSSR count). The van der Waals surface area contributed by atoms with E-state index >= 15 is 0 Å². The number of thiocarbonyl (C=S) groups is 1. The van der Waals surface area contributed by atoms with Crippen LogP contribution in [0.5, 0.6) is 0 Å². The Morgan fingerprint density at radius 1 is 1.52 bits per heavy atom. The first-order valence-electron chi connectivity index (χ1n) is 7.67. The van der Waals surface area contributed by atoms with Crippen molar-refractivity contribution in [3.05, 3.63) is 30.5 Å². The summed E-state index contributed by atoms with van der Waals surface area (Å²) in [6.07, 6.45) is 2.41. The molecule has 2 aromatic rings. The Kier molecular flexibility index (Phi) is 4.72. The van der Waals surface area contributed by atoms with Crippen LogP contribution in [0.1, 0.15) is 13.8 Å². The Bertz CT molecular complexity index is 848. The number of anilines is 1. The second-order valence-corrected chi connectivity index (χ2v) is 8.41. The zero-order valence-electron chi connectivity index (χ0n) is 14.1. The van der Waals surface area contributed by atoms with Crippen molar-refractivity contribution in [1.82, 2.24) is 15.3 Å². The quantitative estimate of drug-likeness (QED) is 0.431. The number of carbonyl (C=O) groups excluding carboxylic acids is 1. The number of aromatic amines is 1. The second-order valence-electron chi connectivity index (χ2n) is 6.12. The van der Waals surface area contributed by atoms with Gasteiger partial charge in [-0.2, -0.15) is 5.10 Å². The molecule has 1 unspecified atom stereocenters. The second kappa shape index (κ2) is 6.66. The third kappa shape index (κ3) is 3.22. The molecule has 9 heteroatoms. The van der Waals surface area contributed by atoms with Crippen LogP contribution in [-0.2, 0) is 4.79 Å². The number of nitrogens with one attached hydrogen (secondary N) is 2. The number of hydrogen-bond donors (Lipinski definition) is 3. The zero-order valence-corrected chi connectivity index (χ0v) is 15.7. The number of carbonyl (C=O) groups is 1. The van der Waals surface area contributed by atoms with Crippen LogP contribution in [0.4, 0.5) is 5.82 Å². The van der Waals surface area contributed by atoms with E-state index in [1.807, 2.05) is 44.3 Å². The van der Waals surface area contributed by atoms with Crippen molar-refractivity contribution < 1.29 is 10.0 Å². The molecule has 1 aromatic heterocycles. The van der Waals surface area contributed by atoms with E-state index in [0.29, 0.717) is 10.1 Å². The molecule has 1 aliphatic heterocycles. The smallest absolute Gasteiger partial charge is 0.263 e. The summed E-state index contributed by atoms with van der Waals surface area (Å²) in [6, 6.07) is 7.74. The van der Waals surface area contributed by atoms with Gasteiger partial charge in [0.25, 0.3) is 5.91 Å². The largest absolute Gasteiger partial charge is 0.354 e. The van der Waals surface area contributed by atoms with Crippen LogP contribution in [0, 0.1) is 0 Å². The van der Waals surface area contributed by atoms with Gasteiger partial charge in [0, 0.05) is 24.0 Å². The lowest BCUT2D eigenvalue weighted by atomic mass is 10.1. The highest BCUT2D eigenvalue weighted by molar-refractivity contribution is 8.24. The summed E-state index contributed by atoms with van der Waals surface area (Å²) in [6.45, 7) is 3.94. The topological polar surface area (TPSA) is 84.0 Å². The first kappa shape index (κ1) is 17.7. The van der Waals surface area contributed by atoms with Crippen LogP contribution >= 0.6 is 24.0 Å². The molecule has 1 amide bonds. The van der Waals surface area contributed by atoms with E-state index < -0.39 is 10.9 Å². The van der Waals surface area contributed by atoms with Gasteiger partial charge < -0.3 is 10.3 Å². The molecule has 1 saturated heterocycles. The van der Waals surface area contributed by atoms with Crippen molar-refractivity contribution in [2.24, 2.45) is 5.10 Å². The lowest BCUT2D eigenvalue weighted by Gasteiger charge is -2.35. The monoisotopic (exact) mass is 377 g/mol. The fourth-order valence-electron chi connectivity index (χ4n) is 2.78. The van der Waals surface area contributed by atoms with Gasteiger partial charge in [0.15, 0.2) is 10.5 Å². The molecule has 0 saturated carbocycles. The normalized spacial score (nSPS) is 19.8. The highest BCUT2D eigenvalue weighted by Crippen LogP contribution is 2.44. The minimum atomic E-state index is -0.576. The summed E-state index contributed by atoms with van der Waals surface area (Å²) in [5.74, 6) is 0.213. The molecule has 25 heavy (non-hydrogen) atoms. The van der Waals surface area contributed by atoms with Gasteiger partial charge in [-0.3, -0.25) is 10.0 Å². The average molecular weight is 377 g/mol. The van der Waals surface area contributed by atoms with Gasteiger partial charge >= 0.3 is 0 Å². The first-order chi connectivity index (χ1) is 11.8. The van der Waals surface area contributed by atoms with Crippen LogP contribution in [-0.4, -0.2) is 49.6 Å². The lowest BCUT2D eigenvalue weighted by Crippen LogP contribution is -2.51. The summed E-state index contributed by atoms with van der Waals surface area (Å²) in [7, 11) is 1.52. The highest BCUT2D eigenvalue weighted by atomic mass is 32.2. The minimum Gasteiger partial charge on any atom is -0.354 e. The molecule has 132 valence electrons. The van der Waals surface area contributed by atoms with Gasteiger partial charge in [-0.05, 0) is 13.8 Å². The van der Waals surface area contributed by atoms with Crippen LogP contribution in [0.25, 0.3) is 10.8 Å². The number of thioether (sulfide) groups is 1. The Morgan fingerprint density at radius 3 is 2.96 bits per heavy atom. The molecule has 7 nitrogen and oxygen atoms in total. The van der Waals surface area contributed by atoms with Crippen LogP contribution in [0.2, 0.25) is 0 Å². The van der Waals surface area contributed by atoms with Crippen molar-refractivity contribution in [2.75, 3.05) is 12.1 Å². The number of fused-ring (bicyclic) bond motifs is 1. The summed E-state index contributed by atoms with van der Waals surface area (Å²) in [5.41, 5.74) is 0. The number of H-pyrrole nitrogens is 1. The fraction of sp³-hybridized carbons (Fsp3) is 0.312. The minimum absolute atomic E-state index is 0.342. The number of rotatable bonds is 4. The standard InChI is InChI=1S/C16H19N5O2S2/c1-16(2)14(20(15(24)25-16)19-9-12(22)17-3)21(23)13-11-7-5-4-6-10(11)8-18-13/h4-9,14,18,23H,1-3H3,(H,17,22). The number of nitrogens with zero attached hydrogens (tertiary/aromatic N) is 3. The molecule has 1 aliphatic rings. The van der Waals surface area contributed by atoms with Crippen molar-refractivity contribution in [3.8, 4) is 0 Å². The summed E-state index contributed by atoms with van der Waals surface area (Å²) < 4.78 is 0.0444. The van der Waals surface area contributed by atoms with Crippen LogP contribution in [0.3, 0.4) is 0 Å². The summed E-state index contributed by atoms with van der Waals surface area (Å²) >= 11 is 6.82. The van der Waals surface area contributed by atoms with E-state index in [1.165, 1.54) is 23.8 Å². The van der Waals surface area contributed by atoms with Gasteiger partial charge in [0.1, 0.15) is 12.0 Å². The maximum atomic E-state index is 11.5. The maximum absolute atomic E-state index is 11.5. The molecule has 1 aromatic carbocycles. The Morgan fingerprint density at radius 2 is 2.24 bits per heavy atom. The number of benzene rings is 1. The number of amides is 1. The van der Waals surface area contributed by atoms with Gasteiger partial charge in [-0.15, -0.1) is 0 Å². The fourth-order valence-corrected chi connectivity index (χ4v) is 4.57. The van der Waals surface area contributed by atoms with Gasteiger partial charge in [-0.1, -0.05) is 48.2 Å². The van der Waals surface area contributed by atoms with Gasteiger partial charge in [-0.25, -0.2) is 10.1 Å². The first-order valence-corrected chi connectivity index (χ1v) is 8.90. The Hall–Kier alpha value is -2.10. The molecule has 0 spiro atoms. The third-order valence-corrected chi connectivity index (χ3v) is 5.51. The van der Waals surface area contributed by atoms with Crippen molar-refractivity contribution in [3.63, 3.8) is 0 Å². The van der Waals surface area contributed by atoms with E-state index in [1.54, 1.807) is 0 Å². The molecule has 1 fully saturated rings. The van der Waals surface area contributed by atoms with E-state index in [9.17, 15) is 10.0 Å². The molecule has 0 bridgehead atoms. The molecular weight excluding hydrogens is 358 g/mol. The van der Waals surface area contributed by atoms with Gasteiger partial charge in [0.05, 0.1) is 4.75 Å². The SMILES string of the molecule is CNC(=O)C=NN1C(=S)SC(C)(C)C1N(O)c1[nH]cc2ccccc12. The molecule has 3 N–H and O–H groups in total. The molecular formula is C16H19N5O2S2. The Balaban J connectivity index is 1.99. The third-order valence-electron chi connectivity index (χ3n) is 3.98. The number of hydrazone groups is 1.